The third kappa shape index (κ3) is 2.61. The van der Waals surface area contributed by atoms with Gasteiger partial charge in [-0.15, -0.1) is 0 Å². The molecule has 1 aromatic heterocycles. The second-order valence-electron chi connectivity index (χ2n) is 4.28. The number of benzene rings is 1. The molecule has 2 aromatic rings. The summed E-state index contributed by atoms with van der Waals surface area (Å²) in [6, 6.07) is 2.94. The molecule has 2 N–H and O–H groups in total. The van der Waals surface area contributed by atoms with E-state index in [1.165, 1.54) is 4.68 Å². The first kappa shape index (κ1) is 14.0. The fourth-order valence-electron chi connectivity index (χ4n) is 1.78. The van der Waals surface area contributed by atoms with Gasteiger partial charge in [-0.3, -0.25) is 4.68 Å². The fraction of sp³-hybridized carbons (Fsp3) is 0.231. The fourth-order valence-corrected chi connectivity index (χ4v) is 1.78. The highest BCUT2D eigenvalue weighted by atomic mass is 19.1. The summed E-state index contributed by atoms with van der Waals surface area (Å²) in [6.07, 6.45) is 0. The van der Waals surface area contributed by atoms with Crippen molar-refractivity contribution >= 4 is 11.7 Å². The van der Waals surface area contributed by atoms with Crippen molar-refractivity contribution in [2.75, 3.05) is 5.73 Å². The molecule has 5 nitrogen and oxygen atoms in total. The third-order valence-electron chi connectivity index (χ3n) is 2.83. The molecule has 1 heterocycles. The Hall–Kier alpha value is -2.44. The maximum Gasteiger partial charge on any atom is 0.359 e. The Morgan fingerprint density at radius 1 is 1.45 bits per heavy atom. The second-order valence-corrected chi connectivity index (χ2v) is 4.28. The van der Waals surface area contributed by atoms with Gasteiger partial charge in [0, 0.05) is 12.6 Å². The van der Waals surface area contributed by atoms with E-state index >= 15 is 0 Å². The van der Waals surface area contributed by atoms with Crippen molar-refractivity contribution in [2.24, 2.45) is 7.05 Å². The molecule has 0 fully saturated rings. The summed E-state index contributed by atoms with van der Waals surface area (Å²) in [5, 5.41) is 3.98. The number of esters is 1. The zero-order chi connectivity index (χ0) is 14.9. The number of hydrogen-bond acceptors (Lipinski definition) is 4. The molecule has 0 spiro atoms. The molecule has 0 unspecified atom stereocenters. The smallest absolute Gasteiger partial charge is 0.359 e. The van der Waals surface area contributed by atoms with E-state index in [9.17, 15) is 13.6 Å². The van der Waals surface area contributed by atoms with Crippen molar-refractivity contribution < 1.29 is 18.3 Å². The van der Waals surface area contributed by atoms with Crippen LogP contribution >= 0.6 is 0 Å². The van der Waals surface area contributed by atoms with Crippen LogP contribution in [0.4, 0.5) is 14.5 Å². The molecule has 7 heteroatoms. The molecule has 0 saturated carbocycles. The molecule has 106 valence electrons. The van der Waals surface area contributed by atoms with Crippen molar-refractivity contribution in [2.45, 2.75) is 13.5 Å². The van der Waals surface area contributed by atoms with Gasteiger partial charge in [0.15, 0.2) is 5.69 Å². The SMILES string of the molecule is Cc1nn(C)c(C(=O)OCc2cc(F)ccc2F)c1N. The summed E-state index contributed by atoms with van der Waals surface area (Å²) in [5.74, 6) is -1.99. The number of nitrogens with zero attached hydrogens (tertiary/aromatic N) is 2. The van der Waals surface area contributed by atoms with Gasteiger partial charge >= 0.3 is 5.97 Å². The van der Waals surface area contributed by atoms with Crippen molar-refractivity contribution in [3.8, 4) is 0 Å². The van der Waals surface area contributed by atoms with Crippen molar-refractivity contribution in [3.63, 3.8) is 0 Å². The number of nitrogen functional groups attached to an aromatic ring is 1. The number of carbonyl (C=O) groups excluding carboxylic acids is 1. The molecule has 0 radical (unpaired) electrons. The number of anilines is 1. The summed E-state index contributed by atoms with van der Waals surface area (Å²) in [6.45, 7) is 1.27. The van der Waals surface area contributed by atoms with Crippen LogP contribution < -0.4 is 5.73 Å². The molecule has 0 aliphatic heterocycles. The zero-order valence-electron chi connectivity index (χ0n) is 11.0. The Kier molecular flexibility index (Phi) is 3.69. The molecule has 0 saturated heterocycles. The van der Waals surface area contributed by atoms with Crippen LogP contribution in [0.3, 0.4) is 0 Å². The van der Waals surface area contributed by atoms with E-state index in [4.69, 9.17) is 10.5 Å². The Bertz CT molecular complexity index is 668. The average Bonchev–Trinajstić information content (AvgIpc) is 2.64. The van der Waals surface area contributed by atoms with Gasteiger partial charge < -0.3 is 10.5 Å². The van der Waals surface area contributed by atoms with Crippen molar-refractivity contribution in [1.82, 2.24) is 9.78 Å². The van der Waals surface area contributed by atoms with Crippen LogP contribution in [0.1, 0.15) is 21.7 Å². The number of rotatable bonds is 3. The van der Waals surface area contributed by atoms with Crippen LogP contribution in [0.2, 0.25) is 0 Å². The molecule has 0 amide bonds. The van der Waals surface area contributed by atoms with Gasteiger partial charge in [0.05, 0.1) is 11.4 Å². The average molecular weight is 281 g/mol. The quantitative estimate of drug-likeness (QED) is 0.873. The number of aromatic nitrogens is 2. The summed E-state index contributed by atoms with van der Waals surface area (Å²) in [4.78, 5) is 11.9. The Morgan fingerprint density at radius 3 is 2.75 bits per heavy atom. The highest BCUT2D eigenvalue weighted by molar-refractivity contribution is 5.93. The summed E-state index contributed by atoms with van der Waals surface area (Å²) < 4.78 is 32.6. The molecule has 0 bridgehead atoms. The number of halogens is 2. The van der Waals surface area contributed by atoms with Crippen LogP contribution in [-0.2, 0) is 18.4 Å². The standard InChI is InChI=1S/C13H13F2N3O2/c1-7-11(16)12(18(2)17-7)13(19)20-6-8-5-9(14)3-4-10(8)15/h3-5H,6,16H2,1-2H3. The van der Waals surface area contributed by atoms with E-state index in [0.29, 0.717) is 5.69 Å². The van der Waals surface area contributed by atoms with E-state index in [-0.39, 0.29) is 23.6 Å². The van der Waals surface area contributed by atoms with Gasteiger partial charge in [0.2, 0.25) is 0 Å². The van der Waals surface area contributed by atoms with Gasteiger partial charge in [-0.05, 0) is 25.1 Å². The molecular formula is C13H13F2N3O2. The summed E-state index contributed by atoms with van der Waals surface area (Å²) >= 11 is 0. The molecule has 0 atom stereocenters. The van der Waals surface area contributed by atoms with E-state index in [2.05, 4.69) is 5.10 Å². The lowest BCUT2D eigenvalue weighted by molar-refractivity contribution is 0.0457. The molecule has 20 heavy (non-hydrogen) atoms. The van der Waals surface area contributed by atoms with Gasteiger partial charge in [-0.2, -0.15) is 5.10 Å². The van der Waals surface area contributed by atoms with Crippen LogP contribution in [0.25, 0.3) is 0 Å². The predicted octanol–water partition coefficient (Wildman–Crippen LogP) is 1.95. The number of nitrogens with two attached hydrogens (primary N) is 1. The van der Waals surface area contributed by atoms with E-state index in [0.717, 1.165) is 18.2 Å². The Balaban J connectivity index is 2.15. The molecular weight excluding hydrogens is 268 g/mol. The lowest BCUT2D eigenvalue weighted by atomic mass is 10.2. The minimum atomic E-state index is -0.741. The first-order valence-corrected chi connectivity index (χ1v) is 5.80. The monoisotopic (exact) mass is 281 g/mol. The lowest BCUT2D eigenvalue weighted by Crippen LogP contribution is -2.13. The van der Waals surface area contributed by atoms with Crippen molar-refractivity contribution in [3.05, 3.63) is 46.8 Å². The highest BCUT2D eigenvalue weighted by Crippen LogP contribution is 2.18. The number of carbonyl (C=O) groups is 1. The normalized spacial score (nSPS) is 10.6. The third-order valence-corrected chi connectivity index (χ3v) is 2.83. The van der Waals surface area contributed by atoms with E-state index < -0.39 is 17.6 Å². The first-order chi connectivity index (χ1) is 9.40. The maximum absolute atomic E-state index is 13.4. The topological polar surface area (TPSA) is 70.1 Å². The maximum atomic E-state index is 13.4. The molecule has 1 aromatic carbocycles. The summed E-state index contributed by atoms with van der Waals surface area (Å²) in [5.41, 5.74) is 6.45. The minimum Gasteiger partial charge on any atom is -0.456 e. The number of ether oxygens (including phenoxy) is 1. The Morgan fingerprint density at radius 2 is 2.15 bits per heavy atom. The highest BCUT2D eigenvalue weighted by Gasteiger charge is 2.19. The van der Waals surface area contributed by atoms with Gasteiger partial charge in [-0.1, -0.05) is 0 Å². The van der Waals surface area contributed by atoms with Crippen LogP contribution in [0.15, 0.2) is 18.2 Å². The Labute approximate surface area is 114 Å². The number of aryl methyl sites for hydroxylation is 2. The molecule has 0 aliphatic rings. The largest absolute Gasteiger partial charge is 0.456 e. The molecule has 0 aliphatic carbocycles. The number of hydrogen-bond donors (Lipinski definition) is 1. The van der Waals surface area contributed by atoms with Gasteiger partial charge in [0.1, 0.15) is 18.2 Å². The second kappa shape index (κ2) is 5.28. The van der Waals surface area contributed by atoms with E-state index in [1.54, 1.807) is 14.0 Å². The van der Waals surface area contributed by atoms with Gasteiger partial charge in [0.25, 0.3) is 0 Å². The minimum absolute atomic E-state index is 0.0455. The van der Waals surface area contributed by atoms with Crippen LogP contribution in [-0.4, -0.2) is 15.7 Å². The van der Waals surface area contributed by atoms with E-state index in [1.807, 2.05) is 0 Å². The molecule has 2 rings (SSSR count). The van der Waals surface area contributed by atoms with Crippen LogP contribution in [0, 0.1) is 18.6 Å². The zero-order valence-corrected chi connectivity index (χ0v) is 11.0. The summed E-state index contributed by atoms with van der Waals surface area (Å²) in [7, 11) is 1.54. The van der Waals surface area contributed by atoms with Gasteiger partial charge in [-0.25, -0.2) is 13.6 Å². The lowest BCUT2D eigenvalue weighted by Gasteiger charge is -2.07. The van der Waals surface area contributed by atoms with Crippen molar-refractivity contribution in [1.29, 1.82) is 0 Å². The predicted molar refractivity (Wildman–Crippen MR) is 67.8 cm³/mol. The first-order valence-electron chi connectivity index (χ1n) is 5.80. The van der Waals surface area contributed by atoms with Crippen LogP contribution in [0.5, 0.6) is 0 Å².